The largest absolute Gasteiger partial charge is 0.315 e. The van der Waals surface area contributed by atoms with Gasteiger partial charge in [-0.25, -0.2) is 9.97 Å². The minimum absolute atomic E-state index is 0.611. The third kappa shape index (κ3) is 4.23. The van der Waals surface area contributed by atoms with Gasteiger partial charge in [0.1, 0.15) is 17.7 Å². The zero-order valence-electron chi connectivity index (χ0n) is 14.7. The van der Waals surface area contributed by atoms with E-state index in [1.54, 1.807) is 11.8 Å². The SMILES string of the molecule is Cc1[nH]ncc1CN1CCC[C@@H](Cc2cc(Nc3nncs3)ncn2)C1. The Morgan fingerprint density at radius 2 is 2.35 bits per heavy atom. The summed E-state index contributed by atoms with van der Waals surface area (Å²) < 4.78 is 0. The van der Waals surface area contributed by atoms with Crippen LogP contribution < -0.4 is 5.32 Å². The molecule has 26 heavy (non-hydrogen) atoms. The van der Waals surface area contributed by atoms with Crippen LogP contribution in [0.2, 0.25) is 0 Å². The number of hydrogen-bond donors (Lipinski definition) is 2. The minimum atomic E-state index is 0.611. The van der Waals surface area contributed by atoms with E-state index in [9.17, 15) is 0 Å². The number of aryl methyl sites for hydroxylation is 1. The Morgan fingerprint density at radius 3 is 3.15 bits per heavy atom. The Labute approximate surface area is 156 Å². The van der Waals surface area contributed by atoms with Crippen LogP contribution >= 0.6 is 11.3 Å². The molecule has 1 aliphatic heterocycles. The van der Waals surface area contributed by atoms with E-state index in [2.05, 4.69) is 47.5 Å². The van der Waals surface area contributed by atoms with E-state index in [-0.39, 0.29) is 0 Å². The van der Waals surface area contributed by atoms with Crippen molar-refractivity contribution in [1.29, 1.82) is 0 Å². The molecule has 0 spiro atoms. The molecule has 4 rings (SSSR count). The van der Waals surface area contributed by atoms with E-state index in [0.29, 0.717) is 5.92 Å². The zero-order valence-corrected chi connectivity index (χ0v) is 15.5. The lowest BCUT2D eigenvalue weighted by molar-refractivity contribution is 0.166. The van der Waals surface area contributed by atoms with E-state index in [1.807, 2.05) is 12.3 Å². The van der Waals surface area contributed by atoms with Crippen LogP contribution in [0.25, 0.3) is 0 Å². The molecule has 0 unspecified atom stereocenters. The van der Waals surface area contributed by atoms with E-state index >= 15 is 0 Å². The summed E-state index contributed by atoms with van der Waals surface area (Å²) in [7, 11) is 0. The van der Waals surface area contributed by atoms with Gasteiger partial charge in [0, 0.05) is 36.1 Å². The molecule has 1 saturated heterocycles. The molecule has 136 valence electrons. The quantitative estimate of drug-likeness (QED) is 0.688. The van der Waals surface area contributed by atoms with Crippen molar-refractivity contribution in [2.24, 2.45) is 5.92 Å². The van der Waals surface area contributed by atoms with Gasteiger partial charge >= 0.3 is 0 Å². The molecule has 0 aromatic carbocycles. The van der Waals surface area contributed by atoms with Crippen molar-refractivity contribution in [3.05, 3.63) is 41.1 Å². The van der Waals surface area contributed by atoms with Gasteiger partial charge < -0.3 is 5.32 Å². The van der Waals surface area contributed by atoms with Crippen LogP contribution in [0.15, 0.2) is 24.1 Å². The van der Waals surface area contributed by atoms with Gasteiger partial charge in [-0.2, -0.15) is 5.10 Å². The van der Waals surface area contributed by atoms with Crippen LogP contribution in [0.3, 0.4) is 0 Å². The van der Waals surface area contributed by atoms with Gasteiger partial charge in [0.05, 0.1) is 6.20 Å². The average molecular weight is 370 g/mol. The first-order chi connectivity index (χ1) is 12.8. The van der Waals surface area contributed by atoms with Crippen LogP contribution in [-0.4, -0.2) is 48.4 Å². The van der Waals surface area contributed by atoms with Crippen LogP contribution in [0.5, 0.6) is 0 Å². The van der Waals surface area contributed by atoms with Crippen molar-refractivity contribution >= 4 is 22.3 Å². The Morgan fingerprint density at radius 1 is 1.38 bits per heavy atom. The van der Waals surface area contributed by atoms with Crippen molar-refractivity contribution in [1.82, 2.24) is 35.3 Å². The molecule has 0 bridgehead atoms. The van der Waals surface area contributed by atoms with E-state index in [4.69, 9.17) is 0 Å². The summed E-state index contributed by atoms with van der Waals surface area (Å²) in [6.07, 6.45) is 6.99. The number of nitrogens with one attached hydrogen (secondary N) is 2. The lowest BCUT2D eigenvalue weighted by Crippen LogP contribution is -2.35. The Hall–Kier alpha value is -2.39. The average Bonchev–Trinajstić information content (AvgIpc) is 3.28. The molecule has 0 aliphatic carbocycles. The second kappa shape index (κ2) is 7.88. The highest BCUT2D eigenvalue weighted by molar-refractivity contribution is 7.13. The standard InChI is InChI=1S/C17H22N8S/c1-12-14(7-20-23-12)9-25-4-2-3-13(8-25)5-15-6-16(19-10-18-15)22-17-24-21-11-26-17/h6-7,10-11,13H,2-5,8-9H2,1H3,(H,20,23)(H,18,19,22,24)/t13-/m0/s1. The number of anilines is 2. The molecular weight excluding hydrogens is 348 g/mol. The van der Waals surface area contributed by atoms with Crippen molar-refractivity contribution in [3.8, 4) is 0 Å². The van der Waals surface area contributed by atoms with Crippen molar-refractivity contribution in [2.45, 2.75) is 32.7 Å². The number of hydrogen-bond acceptors (Lipinski definition) is 8. The third-order valence-corrected chi connectivity index (χ3v) is 5.35. The molecule has 9 heteroatoms. The van der Waals surface area contributed by atoms with Crippen LogP contribution in [0, 0.1) is 12.8 Å². The molecule has 3 aromatic heterocycles. The van der Waals surface area contributed by atoms with Crippen molar-refractivity contribution < 1.29 is 0 Å². The highest BCUT2D eigenvalue weighted by Gasteiger charge is 2.21. The number of likely N-dealkylation sites (tertiary alicyclic amines) is 1. The number of aromatic amines is 1. The van der Waals surface area contributed by atoms with Gasteiger partial charge in [0.25, 0.3) is 0 Å². The molecule has 3 aromatic rings. The van der Waals surface area contributed by atoms with Crippen LogP contribution in [0.1, 0.15) is 29.8 Å². The smallest absolute Gasteiger partial charge is 0.210 e. The lowest BCUT2D eigenvalue weighted by atomic mass is 9.93. The minimum Gasteiger partial charge on any atom is -0.315 e. The zero-order chi connectivity index (χ0) is 17.8. The third-order valence-electron chi connectivity index (χ3n) is 4.75. The molecular formula is C17H22N8S. The van der Waals surface area contributed by atoms with Gasteiger partial charge in [-0.15, -0.1) is 10.2 Å². The molecule has 1 aliphatic rings. The summed E-state index contributed by atoms with van der Waals surface area (Å²) in [6, 6.07) is 2.01. The molecule has 1 fully saturated rings. The molecule has 2 N–H and O–H groups in total. The molecule has 0 saturated carbocycles. The Bertz CT molecular complexity index is 831. The maximum absolute atomic E-state index is 4.46. The fourth-order valence-electron chi connectivity index (χ4n) is 3.45. The van der Waals surface area contributed by atoms with Gasteiger partial charge in [-0.3, -0.25) is 10.00 Å². The summed E-state index contributed by atoms with van der Waals surface area (Å²) in [5.74, 6) is 1.38. The van der Waals surface area contributed by atoms with Crippen molar-refractivity contribution in [3.63, 3.8) is 0 Å². The predicted octanol–water partition coefficient (Wildman–Crippen LogP) is 2.56. The number of nitrogens with zero attached hydrogens (tertiary/aromatic N) is 6. The van der Waals surface area contributed by atoms with Crippen LogP contribution in [-0.2, 0) is 13.0 Å². The topological polar surface area (TPSA) is 95.5 Å². The Kier molecular flexibility index (Phi) is 5.16. The summed E-state index contributed by atoms with van der Waals surface area (Å²) in [5.41, 5.74) is 5.22. The van der Waals surface area contributed by atoms with Gasteiger partial charge in [-0.05, 0) is 38.6 Å². The van der Waals surface area contributed by atoms with Crippen molar-refractivity contribution in [2.75, 3.05) is 18.4 Å². The first-order valence-electron chi connectivity index (χ1n) is 8.81. The van der Waals surface area contributed by atoms with Gasteiger partial charge in [-0.1, -0.05) is 11.3 Å². The normalized spacial score (nSPS) is 18.1. The fourth-order valence-corrected chi connectivity index (χ4v) is 3.90. The molecule has 1 atom stereocenters. The first kappa shape index (κ1) is 17.0. The molecule has 8 nitrogen and oxygen atoms in total. The second-order valence-electron chi connectivity index (χ2n) is 6.73. The molecule has 4 heterocycles. The first-order valence-corrected chi connectivity index (χ1v) is 9.69. The fraction of sp³-hybridized carbons (Fsp3) is 0.471. The lowest BCUT2D eigenvalue weighted by Gasteiger charge is -2.32. The van der Waals surface area contributed by atoms with E-state index < -0.39 is 0 Å². The number of piperidine rings is 1. The predicted molar refractivity (Wildman–Crippen MR) is 100 cm³/mol. The maximum Gasteiger partial charge on any atom is 0.210 e. The number of H-pyrrole nitrogens is 1. The number of rotatable bonds is 6. The summed E-state index contributed by atoms with van der Waals surface area (Å²) >= 11 is 1.45. The monoisotopic (exact) mass is 370 g/mol. The Balaban J connectivity index is 1.36. The second-order valence-corrected chi connectivity index (χ2v) is 7.56. The highest BCUT2D eigenvalue weighted by atomic mass is 32.1. The van der Waals surface area contributed by atoms with Crippen LogP contribution in [0.4, 0.5) is 10.9 Å². The van der Waals surface area contributed by atoms with E-state index in [0.717, 1.165) is 48.4 Å². The summed E-state index contributed by atoms with van der Waals surface area (Å²) in [5, 5.41) is 18.9. The highest BCUT2D eigenvalue weighted by Crippen LogP contribution is 2.23. The van der Waals surface area contributed by atoms with Gasteiger partial charge in [0.15, 0.2) is 0 Å². The number of aromatic nitrogens is 6. The summed E-state index contributed by atoms with van der Waals surface area (Å²) in [6.45, 7) is 5.28. The molecule has 0 amide bonds. The maximum atomic E-state index is 4.46. The van der Waals surface area contributed by atoms with E-state index in [1.165, 1.54) is 29.7 Å². The summed E-state index contributed by atoms with van der Waals surface area (Å²) in [4.78, 5) is 11.3. The molecule has 0 radical (unpaired) electrons. The van der Waals surface area contributed by atoms with Gasteiger partial charge in [0.2, 0.25) is 5.13 Å².